The molecule has 0 aromatic carbocycles. The van der Waals surface area contributed by atoms with E-state index < -0.39 is 24.6 Å². The van der Waals surface area contributed by atoms with Crippen LogP contribution in [0, 0.1) is 11.8 Å². The SMILES string of the molecule is CN(CCOCC1CC1)CC(C(=O)O)C(F)(F)F. The third-order valence-corrected chi connectivity index (χ3v) is 2.86. The van der Waals surface area contributed by atoms with Crippen LogP contribution >= 0.6 is 0 Å². The fourth-order valence-electron chi connectivity index (χ4n) is 1.48. The maximum Gasteiger partial charge on any atom is 0.403 e. The van der Waals surface area contributed by atoms with Gasteiger partial charge in [0, 0.05) is 19.7 Å². The molecule has 1 saturated carbocycles. The molecule has 7 heteroatoms. The van der Waals surface area contributed by atoms with Gasteiger partial charge in [-0.25, -0.2) is 0 Å². The smallest absolute Gasteiger partial charge is 0.403 e. The lowest BCUT2D eigenvalue weighted by Gasteiger charge is -2.22. The molecule has 0 amide bonds. The summed E-state index contributed by atoms with van der Waals surface area (Å²) in [6, 6.07) is 0. The second kappa shape index (κ2) is 6.38. The Morgan fingerprint density at radius 2 is 2.11 bits per heavy atom. The largest absolute Gasteiger partial charge is 0.481 e. The molecule has 0 aromatic rings. The first kappa shape index (κ1) is 15.2. The minimum Gasteiger partial charge on any atom is -0.481 e. The van der Waals surface area contributed by atoms with E-state index in [-0.39, 0.29) is 0 Å². The molecule has 0 bridgehead atoms. The first-order chi connectivity index (χ1) is 8.30. The monoisotopic (exact) mass is 269 g/mol. The molecule has 1 atom stereocenters. The number of ether oxygens (including phenoxy) is 1. The van der Waals surface area contributed by atoms with E-state index in [2.05, 4.69) is 0 Å². The molecule has 4 nitrogen and oxygen atoms in total. The second-order valence-electron chi connectivity index (χ2n) is 4.71. The zero-order chi connectivity index (χ0) is 13.8. The van der Waals surface area contributed by atoms with Gasteiger partial charge in [-0.3, -0.25) is 4.79 Å². The van der Waals surface area contributed by atoms with Gasteiger partial charge >= 0.3 is 12.1 Å². The molecule has 0 heterocycles. The van der Waals surface area contributed by atoms with Crippen LogP contribution < -0.4 is 0 Å². The van der Waals surface area contributed by atoms with Crippen molar-refractivity contribution >= 4 is 5.97 Å². The topological polar surface area (TPSA) is 49.8 Å². The summed E-state index contributed by atoms with van der Waals surface area (Å²) in [5.74, 6) is -3.57. The zero-order valence-electron chi connectivity index (χ0n) is 10.2. The number of hydrogen-bond donors (Lipinski definition) is 1. The van der Waals surface area contributed by atoms with Crippen LogP contribution in [0.25, 0.3) is 0 Å². The molecule has 1 fully saturated rings. The van der Waals surface area contributed by atoms with E-state index >= 15 is 0 Å². The van der Waals surface area contributed by atoms with Gasteiger partial charge in [-0.15, -0.1) is 0 Å². The number of halogens is 3. The summed E-state index contributed by atoms with van der Waals surface area (Å²) in [6.45, 7) is 0.727. The molecule has 0 spiro atoms. The third kappa shape index (κ3) is 5.68. The van der Waals surface area contributed by atoms with Gasteiger partial charge in [-0.2, -0.15) is 13.2 Å². The van der Waals surface area contributed by atoms with E-state index in [0.29, 0.717) is 25.7 Å². The molecule has 1 unspecified atom stereocenters. The van der Waals surface area contributed by atoms with Crippen molar-refractivity contribution in [3.05, 3.63) is 0 Å². The van der Waals surface area contributed by atoms with E-state index in [0.717, 1.165) is 12.8 Å². The van der Waals surface area contributed by atoms with Crippen molar-refractivity contribution in [2.45, 2.75) is 19.0 Å². The lowest BCUT2D eigenvalue weighted by molar-refractivity contribution is -0.196. The van der Waals surface area contributed by atoms with Crippen molar-refractivity contribution < 1.29 is 27.8 Å². The number of alkyl halides is 3. The Hall–Kier alpha value is -0.820. The number of hydrogen-bond acceptors (Lipinski definition) is 3. The molecule has 0 radical (unpaired) electrons. The molecule has 0 aliphatic heterocycles. The first-order valence-electron chi connectivity index (χ1n) is 5.86. The Morgan fingerprint density at radius 3 is 2.56 bits per heavy atom. The molecular formula is C11H18F3NO3. The summed E-state index contributed by atoms with van der Waals surface area (Å²) in [5, 5.41) is 8.53. The maximum atomic E-state index is 12.4. The number of carboxylic acid groups (broad SMARTS) is 1. The van der Waals surface area contributed by atoms with Crippen molar-refractivity contribution in [1.82, 2.24) is 4.90 Å². The Kier molecular flexibility index (Phi) is 5.40. The number of carbonyl (C=O) groups is 1. The highest BCUT2D eigenvalue weighted by Gasteiger charge is 2.45. The molecule has 1 aliphatic carbocycles. The molecule has 0 aromatic heterocycles. The summed E-state index contributed by atoms with van der Waals surface area (Å²) < 4.78 is 42.5. The van der Waals surface area contributed by atoms with Crippen LogP contribution in [0.15, 0.2) is 0 Å². The number of likely N-dealkylation sites (N-methyl/N-ethyl adjacent to an activating group) is 1. The average molecular weight is 269 g/mol. The highest BCUT2D eigenvalue weighted by molar-refractivity contribution is 5.71. The van der Waals surface area contributed by atoms with E-state index in [1.807, 2.05) is 0 Å². The number of carboxylic acids is 1. The number of rotatable bonds is 8. The summed E-state index contributed by atoms with van der Waals surface area (Å²) in [4.78, 5) is 11.9. The van der Waals surface area contributed by atoms with Gasteiger partial charge in [-0.1, -0.05) is 0 Å². The van der Waals surface area contributed by atoms with Gasteiger partial charge in [0.2, 0.25) is 0 Å². The molecule has 0 saturated heterocycles. The Morgan fingerprint density at radius 1 is 1.50 bits per heavy atom. The molecular weight excluding hydrogens is 251 g/mol. The molecule has 1 aliphatic rings. The van der Waals surface area contributed by atoms with E-state index in [9.17, 15) is 18.0 Å². The van der Waals surface area contributed by atoms with Crippen molar-refractivity contribution in [3.63, 3.8) is 0 Å². The standard InChI is InChI=1S/C11H18F3NO3/c1-15(4-5-18-7-8-2-3-8)6-9(10(16)17)11(12,13)14/h8-9H,2-7H2,1H3,(H,16,17). The zero-order valence-corrected chi connectivity index (χ0v) is 10.2. The van der Waals surface area contributed by atoms with Crippen LogP contribution in [0.4, 0.5) is 13.2 Å². The average Bonchev–Trinajstić information content (AvgIpc) is 3.02. The normalized spacial score (nSPS) is 18.1. The number of aliphatic carboxylic acids is 1. The van der Waals surface area contributed by atoms with Gasteiger partial charge < -0.3 is 14.7 Å². The molecule has 106 valence electrons. The Balaban J connectivity index is 2.22. The number of nitrogens with zero attached hydrogens (tertiary/aromatic N) is 1. The van der Waals surface area contributed by atoms with Gasteiger partial charge in [0.1, 0.15) is 0 Å². The summed E-state index contributed by atoms with van der Waals surface area (Å²) in [7, 11) is 1.46. The van der Waals surface area contributed by atoms with Crippen LogP contribution in [0.1, 0.15) is 12.8 Å². The maximum absolute atomic E-state index is 12.4. The lowest BCUT2D eigenvalue weighted by atomic mass is 10.1. The van der Waals surface area contributed by atoms with E-state index in [1.54, 1.807) is 0 Å². The Bertz CT molecular complexity index is 279. The summed E-state index contributed by atoms with van der Waals surface area (Å²) >= 11 is 0. The summed E-state index contributed by atoms with van der Waals surface area (Å²) in [6.07, 6.45) is -2.40. The van der Waals surface area contributed by atoms with Crippen molar-refractivity contribution in [3.8, 4) is 0 Å². The molecule has 1 rings (SSSR count). The van der Waals surface area contributed by atoms with Crippen LogP contribution in [0.3, 0.4) is 0 Å². The van der Waals surface area contributed by atoms with Crippen LogP contribution in [-0.4, -0.2) is 55.5 Å². The minimum absolute atomic E-state index is 0.298. The van der Waals surface area contributed by atoms with Gasteiger partial charge in [0.05, 0.1) is 6.61 Å². The highest BCUT2D eigenvalue weighted by Crippen LogP contribution is 2.29. The third-order valence-electron chi connectivity index (χ3n) is 2.86. The predicted octanol–water partition coefficient (Wildman–Crippen LogP) is 1.61. The van der Waals surface area contributed by atoms with E-state index in [1.165, 1.54) is 11.9 Å². The predicted molar refractivity (Wildman–Crippen MR) is 58.2 cm³/mol. The van der Waals surface area contributed by atoms with Gasteiger partial charge in [-0.05, 0) is 25.8 Å². The second-order valence-corrected chi connectivity index (χ2v) is 4.71. The summed E-state index contributed by atoms with van der Waals surface area (Å²) in [5.41, 5.74) is 0. The van der Waals surface area contributed by atoms with E-state index in [4.69, 9.17) is 9.84 Å². The highest BCUT2D eigenvalue weighted by atomic mass is 19.4. The van der Waals surface area contributed by atoms with Crippen LogP contribution in [-0.2, 0) is 9.53 Å². The first-order valence-corrected chi connectivity index (χ1v) is 5.86. The minimum atomic E-state index is -4.71. The van der Waals surface area contributed by atoms with Crippen molar-refractivity contribution in [2.75, 3.05) is 33.4 Å². The molecule has 18 heavy (non-hydrogen) atoms. The quantitative estimate of drug-likeness (QED) is 0.680. The fourth-order valence-corrected chi connectivity index (χ4v) is 1.48. The van der Waals surface area contributed by atoms with Crippen molar-refractivity contribution in [1.29, 1.82) is 0 Å². The van der Waals surface area contributed by atoms with Crippen molar-refractivity contribution in [2.24, 2.45) is 11.8 Å². The fraction of sp³-hybridized carbons (Fsp3) is 0.909. The molecule has 1 N–H and O–H groups in total. The van der Waals surface area contributed by atoms with Gasteiger partial charge in [0.15, 0.2) is 5.92 Å². The van der Waals surface area contributed by atoms with Gasteiger partial charge in [0.25, 0.3) is 0 Å². The Labute approximate surface area is 104 Å². The van der Waals surface area contributed by atoms with Crippen LogP contribution in [0.5, 0.6) is 0 Å². The lowest BCUT2D eigenvalue weighted by Crippen LogP contribution is -2.40. The van der Waals surface area contributed by atoms with Crippen LogP contribution in [0.2, 0.25) is 0 Å².